The van der Waals surface area contributed by atoms with Gasteiger partial charge in [-0.1, -0.05) is 0 Å². The Bertz CT molecular complexity index is 279. The van der Waals surface area contributed by atoms with Crippen molar-refractivity contribution in [3.8, 4) is 0 Å². The van der Waals surface area contributed by atoms with Crippen molar-refractivity contribution >= 4 is 5.82 Å². The van der Waals surface area contributed by atoms with E-state index >= 15 is 0 Å². The van der Waals surface area contributed by atoms with Crippen LogP contribution >= 0.6 is 0 Å². The van der Waals surface area contributed by atoms with E-state index in [1.165, 1.54) is 24.5 Å². The van der Waals surface area contributed by atoms with E-state index in [2.05, 4.69) is 34.3 Å². The highest BCUT2D eigenvalue weighted by atomic mass is 15.2. The van der Waals surface area contributed by atoms with E-state index in [0.29, 0.717) is 0 Å². The molecule has 0 aromatic carbocycles. The molecule has 1 aliphatic heterocycles. The van der Waals surface area contributed by atoms with E-state index in [0.717, 1.165) is 13.1 Å². The molecule has 1 aliphatic rings. The molecular weight excluding hydrogens is 162 g/mol. The number of pyridine rings is 1. The summed E-state index contributed by atoms with van der Waals surface area (Å²) >= 11 is 0. The highest BCUT2D eigenvalue weighted by Gasteiger charge is 2.19. The van der Waals surface area contributed by atoms with Crippen LogP contribution in [-0.4, -0.2) is 26.2 Å². The Kier molecular flexibility index (Phi) is 2.45. The van der Waals surface area contributed by atoms with Crippen LogP contribution in [0.4, 0.5) is 5.82 Å². The molecule has 1 saturated heterocycles. The predicted molar refractivity (Wildman–Crippen MR) is 51.6 cm³/mol. The van der Waals surface area contributed by atoms with E-state index in [9.17, 15) is 0 Å². The fourth-order valence-electron chi connectivity index (χ4n) is 1.74. The Labute approximate surface area is 78.8 Å². The van der Waals surface area contributed by atoms with E-state index in [-0.39, 0.29) is 0 Å². The highest BCUT2D eigenvalue weighted by Crippen LogP contribution is 2.07. The molecule has 1 aromatic rings. The van der Waals surface area contributed by atoms with Crippen molar-refractivity contribution in [2.24, 2.45) is 0 Å². The van der Waals surface area contributed by atoms with Gasteiger partial charge >= 0.3 is 0 Å². The Morgan fingerprint density at radius 2 is 2.15 bits per heavy atom. The topological polar surface area (TPSA) is 34.0 Å². The maximum atomic E-state index is 3.29. The number of hydrogen-bond donors (Lipinski definition) is 1. The minimum Gasteiger partial charge on any atom is -0.340 e. The lowest BCUT2D eigenvalue weighted by Gasteiger charge is -2.19. The van der Waals surface area contributed by atoms with Crippen molar-refractivity contribution in [2.75, 3.05) is 31.1 Å². The number of piperazine rings is 1. The molecule has 1 aromatic heterocycles. The first-order valence-corrected chi connectivity index (χ1v) is 4.91. The third-order valence-electron chi connectivity index (χ3n) is 2.49. The first-order valence-electron chi connectivity index (χ1n) is 4.91. The average molecular weight is 179 g/mol. The molecular formula is C10H17N3+2. The van der Waals surface area contributed by atoms with Gasteiger partial charge in [-0.2, -0.15) is 0 Å². The summed E-state index contributed by atoms with van der Waals surface area (Å²) in [5.74, 6) is 1.26. The Balaban J connectivity index is 2.14. The number of hydrogen-bond acceptors (Lipinski definition) is 1. The molecule has 0 unspecified atom stereocenters. The molecule has 3 N–H and O–H groups in total. The standard InChI is InChI=1S/C10H15N3/c1-9-2-3-12-10(8-9)13-6-4-11-5-7-13/h2-3,8,11H,4-7H2,1H3/p+2. The van der Waals surface area contributed by atoms with Crippen molar-refractivity contribution in [1.82, 2.24) is 0 Å². The van der Waals surface area contributed by atoms with Gasteiger partial charge in [-0.15, -0.1) is 0 Å². The number of rotatable bonds is 1. The molecule has 3 heteroatoms. The molecule has 0 radical (unpaired) electrons. The minimum atomic E-state index is 1.15. The third-order valence-corrected chi connectivity index (χ3v) is 2.49. The molecule has 0 amide bonds. The van der Waals surface area contributed by atoms with Crippen LogP contribution in [0.1, 0.15) is 5.56 Å². The van der Waals surface area contributed by atoms with Gasteiger partial charge in [-0.3, -0.25) is 4.90 Å². The highest BCUT2D eigenvalue weighted by molar-refractivity contribution is 5.35. The van der Waals surface area contributed by atoms with Crippen LogP contribution in [0.5, 0.6) is 0 Å². The van der Waals surface area contributed by atoms with Gasteiger partial charge in [0.25, 0.3) is 5.82 Å². The van der Waals surface area contributed by atoms with Crippen LogP contribution < -0.4 is 15.2 Å². The summed E-state index contributed by atoms with van der Waals surface area (Å²) in [6.07, 6.45) is 2.02. The summed E-state index contributed by atoms with van der Waals surface area (Å²) in [5.41, 5.74) is 1.32. The molecule has 13 heavy (non-hydrogen) atoms. The van der Waals surface area contributed by atoms with Gasteiger partial charge < -0.3 is 5.32 Å². The zero-order valence-electron chi connectivity index (χ0n) is 8.09. The first kappa shape index (κ1) is 8.51. The average Bonchev–Trinajstić information content (AvgIpc) is 2.19. The lowest BCUT2D eigenvalue weighted by Crippen LogP contribution is -2.90. The molecule has 0 spiro atoms. The van der Waals surface area contributed by atoms with Crippen molar-refractivity contribution in [1.29, 1.82) is 0 Å². The van der Waals surface area contributed by atoms with Crippen LogP contribution in [0, 0.1) is 6.92 Å². The SMILES string of the molecule is Cc1cc[nH+]c(N2CC[NH2+]CC2)c1. The fraction of sp³-hybridized carbons (Fsp3) is 0.500. The maximum absolute atomic E-state index is 3.29. The van der Waals surface area contributed by atoms with Gasteiger partial charge in [0.15, 0.2) is 0 Å². The number of nitrogens with zero attached hydrogens (tertiary/aromatic N) is 1. The molecule has 2 heterocycles. The van der Waals surface area contributed by atoms with E-state index in [1.54, 1.807) is 0 Å². The van der Waals surface area contributed by atoms with Crippen LogP contribution in [0.25, 0.3) is 0 Å². The summed E-state index contributed by atoms with van der Waals surface area (Å²) in [6, 6.07) is 4.31. The second kappa shape index (κ2) is 3.75. The zero-order valence-corrected chi connectivity index (χ0v) is 8.09. The maximum Gasteiger partial charge on any atom is 0.274 e. The van der Waals surface area contributed by atoms with Crippen LogP contribution in [0.3, 0.4) is 0 Å². The Hall–Kier alpha value is -1.09. The monoisotopic (exact) mass is 179 g/mol. The number of nitrogens with one attached hydrogen (secondary N) is 1. The number of anilines is 1. The number of H-pyrrole nitrogens is 1. The largest absolute Gasteiger partial charge is 0.340 e. The van der Waals surface area contributed by atoms with Crippen molar-refractivity contribution in [3.05, 3.63) is 23.9 Å². The third kappa shape index (κ3) is 1.98. The van der Waals surface area contributed by atoms with Crippen molar-refractivity contribution in [2.45, 2.75) is 6.92 Å². The van der Waals surface area contributed by atoms with E-state index in [4.69, 9.17) is 0 Å². The number of aromatic amines is 1. The van der Waals surface area contributed by atoms with Gasteiger partial charge in [0.05, 0.1) is 6.20 Å². The predicted octanol–water partition coefficient (Wildman–Crippen LogP) is -0.807. The molecule has 3 nitrogen and oxygen atoms in total. The lowest BCUT2D eigenvalue weighted by atomic mass is 10.2. The van der Waals surface area contributed by atoms with Gasteiger partial charge in [-0.25, -0.2) is 4.98 Å². The molecule has 70 valence electrons. The van der Waals surface area contributed by atoms with Crippen LogP contribution in [-0.2, 0) is 0 Å². The Morgan fingerprint density at radius 1 is 1.38 bits per heavy atom. The van der Waals surface area contributed by atoms with E-state index in [1.807, 2.05) is 6.20 Å². The molecule has 0 aliphatic carbocycles. The van der Waals surface area contributed by atoms with Crippen LogP contribution in [0.2, 0.25) is 0 Å². The van der Waals surface area contributed by atoms with Gasteiger partial charge in [0, 0.05) is 6.07 Å². The summed E-state index contributed by atoms with van der Waals surface area (Å²) in [7, 11) is 0. The van der Waals surface area contributed by atoms with Crippen molar-refractivity contribution < 1.29 is 10.3 Å². The summed E-state index contributed by atoms with van der Waals surface area (Å²) in [5, 5.41) is 2.37. The molecule has 0 atom stereocenters. The first-order chi connectivity index (χ1) is 6.36. The summed E-state index contributed by atoms with van der Waals surface area (Å²) < 4.78 is 0. The normalized spacial score (nSPS) is 17.5. The molecule has 0 bridgehead atoms. The van der Waals surface area contributed by atoms with Gasteiger partial charge in [-0.05, 0) is 18.6 Å². The quantitative estimate of drug-likeness (QED) is 0.601. The number of aromatic nitrogens is 1. The van der Waals surface area contributed by atoms with Gasteiger partial charge in [0.2, 0.25) is 0 Å². The zero-order chi connectivity index (χ0) is 9.10. The minimum absolute atomic E-state index is 1.15. The smallest absolute Gasteiger partial charge is 0.274 e. The summed E-state index contributed by atoms with van der Waals surface area (Å²) in [6.45, 7) is 6.86. The molecule has 2 rings (SSSR count). The second-order valence-corrected chi connectivity index (χ2v) is 3.60. The number of nitrogens with two attached hydrogens (primary N) is 1. The fourth-order valence-corrected chi connectivity index (χ4v) is 1.74. The van der Waals surface area contributed by atoms with Crippen molar-refractivity contribution in [3.63, 3.8) is 0 Å². The summed E-state index contributed by atoms with van der Waals surface area (Å²) in [4.78, 5) is 5.70. The Morgan fingerprint density at radius 3 is 2.85 bits per heavy atom. The van der Waals surface area contributed by atoms with Crippen LogP contribution in [0.15, 0.2) is 18.3 Å². The number of aryl methyl sites for hydroxylation is 1. The van der Waals surface area contributed by atoms with Gasteiger partial charge in [0.1, 0.15) is 26.2 Å². The van der Waals surface area contributed by atoms with E-state index < -0.39 is 0 Å². The molecule has 1 fully saturated rings. The number of quaternary nitrogens is 1. The second-order valence-electron chi connectivity index (χ2n) is 3.60. The molecule has 0 saturated carbocycles. The lowest BCUT2D eigenvalue weighted by molar-refractivity contribution is -0.656.